The van der Waals surface area contributed by atoms with Gasteiger partial charge < -0.3 is 42.7 Å². The third-order valence-corrected chi connectivity index (χ3v) is 23.3. The zero-order valence-corrected chi connectivity index (χ0v) is 51.0. The van der Waals surface area contributed by atoms with Crippen molar-refractivity contribution in [2.75, 3.05) is 13.2 Å². The van der Waals surface area contributed by atoms with Gasteiger partial charge in [-0.2, -0.15) is 0 Å². The van der Waals surface area contributed by atoms with E-state index in [2.05, 4.69) is 200 Å². The minimum absolute atomic E-state index is 0.0623. The van der Waals surface area contributed by atoms with Crippen molar-refractivity contribution >= 4 is 29.5 Å². The van der Waals surface area contributed by atoms with E-state index in [1.807, 2.05) is 42.5 Å². The first-order chi connectivity index (χ1) is 40.3. The minimum Gasteiger partial charge on any atom is -0.407 e. The van der Waals surface area contributed by atoms with Gasteiger partial charge in [0.25, 0.3) is 8.32 Å². The molecule has 0 aromatic heterocycles. The number of rotatable bonds is 22. The van der Waals surface area contributed by atoms with Crippen LogP contribution < -0.4 is 10.4 Å². The summed E-state index contributed by atoms with van der Waals surface area (Å²) in [5.41, 5.74) is 4.35. The maximum atomic E-state index is 13.0. The maximum Gasteiger partial charge on any atom is 0.261 e. The third kappa shape index (κ3) is 15.0. The Morgan fingerprint density at radius 1 is 0.482 bits per heavy atom. The van der Waals surface area contributed by atoms with Gasteiger partial charge in [-0.15, -0.1) is 0 Å². The molecule has 10 heteroatoms. The fourth-order valence-electron chi connectivity index (χ4n) is 13.4. The molecule has 0 spiro atoms. The molecule has 3 saturated heterocycles. The van der Waals surface area contributed by atoms with E-state index in [-0.39, 0.29) is 53.1 Å². The first kappa shape index (κ1) is 60.8. The first-order valence-corrected chi connectivity index (χ1v) is 32.7. The molecule has 3 aliphatic rings. The fraction of sp³-hybridized carbons (Fsp3) is 0.452. The maximum absolute atomic E-state index is 13.0. The second kappa shape index (κ2) is 28.7. The van der Waals surface area contributed by atoms with E-state index in [1.54, 1.807) is 0 Å². The minimum atomic E-state index is -2.74. The van der Waals surface area contributed by atoms with Crippen LogP contribution in [0.1, 0.15) is 103 Å². The van der Waals surface area contributed by atoms with Crippen molar-refractivity contribution in [1.29, 1.82) is 0 Å². The summed E-state index contributed by atoms with van der Waals surface area (Å²) in [5, 5.41) is 17.8. The van der Waals surface area contributed by atoms with Gasteiger partial charge in [-0.3, -0.25) is 0 Å². The highest BCUT2D eigenvalue weighted by Gasteiger charge is 2.54. The predicted octanol–water partition coefficient (Wildman–Crippen LogP) is 13.8. The van der Waals surface area contributed by atoms with Gasteiger partial charge >= 0.3 is 0 Å². The van der Waals surface area contributed by atoms with Crippen molar-refractivity contribution in [3.63, 3.8) is 0 Å². The van der Waals surface area contributed by atoms with Crippen LogP contribution in [0.4, 0.5) is 0 Å². The summed E-state index contributed by atoms with van der Waals surface area (Å²) in [4.78, 5) is 0. The van der Waals surface area contributed by atoms with Crippen LogP contribution in [-0.4, -0.2) is 87.7 Å². The lowest BCUT2D eigenvalue weighted by atomic mass is 9.77. The Morgan fingerprint density at radius 3 is 1.58 bits per heavy atom. The van der Waals surface area contributed by atoms with Gasteiger partial charge in [0.2, 0.25) is 0 Å². The number of ether oxygens (including phenoxy) is 7. The lowest BCUT2D eigenvalue weighted by Gasteiger charge is -2.47. The molecular formula is C73H90O9Si. The summed E-state index contributed by atoms with van der Waals surface area (Å²) in [6, 6.07) is 67.7. The number of benzene rings is 7. The first-order valence-electron chi connectivity index (χ1n) is 30.8. The summed E-state index contributed by atoms with van der Waals surface area (Å²) >= 11 is 0. The van der Waals surface area contributed by atoms with Crippen LogP contribution in [0.25, 0.3) is 10.8 Å². The zero-order chi connectivity index (χ0) is 57.8. The van der Waals surface area contributed by atoms with Crippen molar-refractivity contribution in [2.45, 2.75) is 173 Å². The molecular weight excluding hydrogens is 1050 g/mol. The van der Waals surface area contributed by atoms with Gasteiger partial charge in [-0.1, -0.05) is 237 Å². The van der Waals surface area contributed by atoms with Crippen molar-refractivity contribution < 1.29 is 42.7 Å². The van der Waals surface area contributed by atoms with Crippen molar-refractivity contribution in [3.05, 3.63) is 216 Å². The average molecular weight is 1140 g/mol. The Morgan fingerprint density at radius 2 is 0.988 bits per heavy atom. The van der Waals surface area contributed by atoms with Crippen molar-refractivity contribution in [3.8, 4) is 0 Å². The molecule has 3 heterocycles. The molecule has 1 N–H and O–H groups in total. The molecule has 0 aliphatic carbocycles. The van der Waals surface area contributed by atoms with Crippen molar-refractivity contribution in [2.24, 2.45) is 23.7 Å². The largest absolute Gasteiger partial charge is 0.407 e. The number of hydrogen-bond donors (Lipinski definition) is 1. The monoisotopic (exact) mass is 1140 g/mol. The molecule has 83 heavy (non-hydrogen) atoms. The Labute approximate surface area is 496 Å². The summed E-state index contributed by atoms with van der Waals surface area (Å²) in [6.07, 6.45) is -1.01. The fourth-order valence-corrected chi connectivity index (χ4v) is 18.0. The molecule has 0 amide bonds. The lowest BCUT2D eigenvalue weighted by Crippen LogP contribution is -2.66. The molecule has 3 aliphatic heterocycles. The van der Waals surface area contributed by atoms with E-state index in [1.165, 1.54) is 21.1 Å². The van der Waals surface area contributed by atoms with Gasteiger partial charge in [-0.05, 0) is 97.9 Å². The zero-order valence-electron chi connectivity index (χ0n) is 50.0. The highest BCUT2D eigenvalue weighted by Crippen LogP contribution is 2.44. The smallest absolute Gasteiger partial charge is 0.261 e. The van der Waals surface area contributed by atoms with E-state index in [0.29, 0.717) is 46.1 Å². The second-order valence-electron chi connectivity index (χ2n) is 25.2. The third-order valence-electron chi connectivity index (χ3n) is 18.2. The molecule has 7 aromatic rings. The Balaban J connectivity index is 0.935. The van der Waals surface area contributed by atoms with Gasteiger partial charge in [0.1, 0.15) is 12.2 Å². The van der Waals surface area contributed by atoms with Gasteiger partial charge in [0, 0.05) is 18.9 Å². The van der Waals surface area contributed by atoms with Crippen LogP contribution in [0, 0.1) is 23.7 Å². The Hall–Kier alpha value is -5.34. The molecule has 0 saturated carbocycles. The molecule has 0 bridgehead atoms. The lowest BCUT2D eigenvalue weighted by molar-refractivity contribution is -0.236. The molecule has 3 fully saturated rings. The summed E-state index contributed by atoms with van der Waals surface area (Å²) in [7, 11) is -2.74. The van der Waals surface area contributed by atoms with Crippen molar-refractivity contribution in [1.82, 2.24) is 0 Å². The Kier molecular flexibility index (Phi) is 21.0. The van der Waals surface area contributed by atoms with Crippen LogP contribution in [0.15, 0.2) is 194 Å². The predicted molar refractivity (Wildman–Crippen MR) is 334 cm³/mol. The van der Waals surface area contributed by atoms with Gasteiger partial charge in [-0.25, -0.2) is 0 Å². The molecule has 9 nitrogen and oxygen atoms in total. The van der Waals surface area contributed by atoms with E-state index in [9.17, 15) is 5.11 Å². The molecule has 10 rings (SSSR count). The number of fused-ring (bicyclic) bond motifs is 2. The van der Waals surface area contributed by atoms with Gasteiger partial charge in [0.05, 0.1) is 81.9 Å². The number of aliphatic hydroxyl groups is 1. The molecule has 14 atom stereocenters. The average Bonchev–Trinajstić information content (AvgIpc) is 3.91. The van der Waals surface area contributed by atoms with Gasteiger partial charge in [0.15, 0.2) is 0 Å². The quantitative estimate of drug-likeness (QED) is 0.0526. The normalized spacial score (nSPS) is 28.0. The summed E-state index contributed by atoms with van der Waals surface area (Å²) in [6.45, 7) is 18.6. The highest BCUT2D eigenvalue weighted by molar-refractivity contribution is 6.99. The molecule has 0 radical (unpaired) electrons. The number of aliphatic hydroxyl groups excluding tert-OH is 1. The van der Waals surface area contributed by atoms with E-state index < -0.39 is 44.9 Å². The Bertz CT molecular complexity index is 2980. The summed E-state index contributed by atoms with van der Waals surface area (Å²) in [5.74, 6) is 0.0377. The molecule has 440 valence electrons. The SMILES string of the molecule is C[C@H]1C[C@H](OCc2ccc3ccccc3c2)[C@@H](C[C@@H]2O[C@@H]3[C@@H](C)[C@H](C)[C@@H](CCCO[Si](c4ccccc4)(c4ccccc4)C(C)(C)C)O[C@H]3[C@@H](OCc3ccccc3)[C@H](C)C2O)O[C@@H](COCc2ccccc2)[C@H](OCc2ccccc2)C1. The molecule has 7 aromatic carbocycles. The highest BCUT2D eigenvalue weighted by atomic mass is 28.4. The van der Waals surface area contributed by atoms with Crippen LogP contribution >= 0.6 is 0 Å². The van der Waals surface area contributed by atoms with E-state index in [0.717, 1.165) is 47.9 Å². The standard InChI is InChI=1S/C73H90O9Si/c1-51-42-64(77-49-58-39-40-59-32-23-24-33-60(59)44-58)66(80-68(50-75-46-55-26-13-8-14-27-55)65(43-51)76-47-56-28-15-9-16-29-56)45-67-69(74)54(4)70(78-48-57-30-17-10-18-31-57)72-71(82-67)53(3)52(2)63(81-72)38-25-41-79-83(73(5,6)7,61-34-19-11-20-35-61)62-36-21-12-22-37-62/h8-24,26-37,39-40,44,51-54,63-72,74H,25,38,41-43,45-50H2,1-7H3/t51-,52-,53-,54+,63+,64-,65+,66+,67-,68-,69?,70-,71+,72-/m0/s1. The van der Waals surface area contributed by atoms with Crippen LogP contribution in [0.5, 0.6) is 0 Å². The topological polar surface area (TPSA) is 94.1 Å². The van der Waals surface area contributed by atoms with Crippen LogP contribution in [0.3, 0.4) is 0 Å². The van der Waals surface area contributed by atoms with E-state index in [4.69, 9.17) is 37.6 Å². The summed E-state index contributed by atoms with van der Waals surface area (Å²) < 4.78 is 57.7. The van der Waals surface area contributed by atoms with E-state index >= 15 is 0 Å². The van der Waals surface area contributed by atoms with Crippen LogP contribution in [-0.2, 0) is 64.0 Å². The number of hydrogen-bond acceptors (Lipinski definition) is 9. The molecule has 1 unspecified atom stereocenters. The van der Waals surface area contributed by atoms with Crippen LogP contribution in [0.2, 0.25) is 5.04 Å². The second-order valence-corrected chi connectivity index (χ2v) is 29.5.